The Morgan fingerprint density at radius 1 is 1.06 bits per heavy atom. The number of allylic oxidation sites excluding steroid dienone is 4. The topological polar surface area (TPSA) is 73.9 Å². The summed E-state index contributed by atoms with van der Waals surface area (Å²) < 4.78 is 16.5. The Morgan fingerprint density at radius 2 is 1.86 bits per heavy atom. The van der Waals surface area contributed by atoms with E-state index >= 15 is 0 Å². The fourth-order valence-corrected chi connectivity index (χ4v) is 5.38. The Kier molecular flexibility index (Phi) is 5.37. The third-order valence-corrected chi connectivity index (χ3v) is 6.98. The minimum atomic E-state index is -0.574. The van der Waals surface area contributed by atoms with Gasteiger partial charge in [0.15, 0.2) is 17.3 Å². The number of carbonyl (C=O) groups is 2. The number of fused-ring (bicyclic) bond motifs is 3. The van der Waals surface area contributed by atoms with Crippen LogP contribution in [0, 0.1) is 5.92 Å². The molecule has 1 N–H and O–H groups in total. The highest BCUT2D eigenvalue weighted by molar-refractivity contribution is 6.09. The van der Waals surface area contributed by atoms with Crippen LogP contribution in [-0.4, -0.2) is 25.2 Å². The van der Waals surface area contributed by atoms with Gasteiger partial charge in [0, 0.05) is 17.2 Å². The van der Waals surface area contributed by atoms with Crippen LogP contribution in [0.4, 0.5) is 0 Å². The zero-order chi connectivity index (χ0) is 24.8. The van der Waals surface area contributed by atoms with Gasteiger partial charge in [-0.1, -0.05) is 48.5 Å². The van der Waals surface area contributed by atoms with E-state index in [4.69, 9.17) is 14.2 Å². The van der Waals surface area contributed by atoms with Gasteiger partial charge in [0.05, 0.1) is 18.2 Å². The third-order valence-electron chi connectivity index (χ3n) is 6.98. The van der Waals surface area contributed by atoms with E-state index in [0.29, 0.717) is 22.8 Å². The van der Waals surface area contributed by atoms with Crippen molar-refractivity contribution in [2.45, 2.75) is 19.8 Å². The molecule has 3 aliphatic rings. The number of ketones is 1. The zero-order valence-electron chi connectivity index (χ0n) is 20.0. The molecule has 1 saturated heterocycles. The predicted octanol–water partition coefficient (Wildman–Crippen LogP) is 5.26. The molecule has 0 radical (unpaired) electrons. The van der Waals surface area contributed by atoms with Crippen LogP contribution in [0.5, 0.6) is 11.5 Å². The number of Topliss-reactive ketones (excluding diaryl/α,β-unsaturated/α-hetero) is 1. The Morgan fingerprint density at radius 3 is 2.72 bits per heavy atom. The average Bonchev–Trinajstić information content (AvgIpc) is 3.47. The maximum atomic E-state index is 13.9. The first-order chi connectivity index (χ1) is 17.5. The summed E-state index contributed by atoms with van der Waals surface area (Å²) in [6, 6.07) is 19.7. The van der Waals surface area contributed by atoms with Crippen molar-refractivity contribution in [2.75, 3.05) is 13.4 Å². The molecule has 2 unspecified atom stereocenters. The first-order valence-corrected chi connectivity index (χ1v) is 12.0. The van der Waals surface area contributed by atoms with Gasteiger partial charge in [-0.05, 0) is 65.6 Å². The summed E-state index contributed by atoms with van der Waals surface area (Å²) in [7, 11) is 0. The van der Waals surface area contributed by atoms with Crippen molar-refractivity contribution >= 4 is 28.6 Å². The Labute approximate surface area is 208 Å². The van der Waals surface area contributed by atoms with E-state index in [-0.39, 0.29) is 19.2 Å². The predicted molar refractivity (Wildman–Crippen MR) is 136 cm³/mol. The second kappa shape index (κ2) is 8.72. The molecule has 0 spiro atoms. The quantitative estimate of drug-likeness (QED) is 0.407. The van der Waals surface area contributed by atoms with Gasteiger partial charge in [0.1, 0.15) is 0 Å². The molecule has 3 aromatic carbocycles. The van der Waals surface area contributed by atoms with Crippen molar-refractivity contribution < 1.29 is 23.8 Å². The highest BCUT2D eigenvalue weighted by Crippen LogP contribution is 2.48. The summed E-state index contributed by atoms with van der Waals surface area (Å²) in [5, 5.41) is 5.54. The lowest BCUT2D eigenvalue weighted by atomic mass is 9.73. The molecule has 6 rings (SSSR count). The second-order valence-corrected chi connectivity index (χ2v) is 9.10. The first kappa shape index (κ1) is 22.2. The van der Waals surface area contributed by atoms with Gasteiger partial charge in [0.2, 0.25) is 6.79 Å². The number of esters is 1. The highest BCUT2D eigenvalue weighted by Gasteiger charge is 2.46. The van der Waals surface area contributed by atoms with E-state index in [0.717, 1.165) is 33.2 Å². The van der Waals surface area contributed by atoms with E-state index in [1.807, 2.05) is 67.6 Å². The van der Waals surface area contributed by atoms with Crippen LogP contribution < -0.4 is 14.8 Å². The van der Waals surface area contributed by atoms with Crippen molar-refractivity contribution in [2.24, 2.45) is 5.92 Å². The molecule has 0 bridgehead atoms. The van der Waals surface area contributed by atoms with Gasteiger partial charge in [-0.25, -0.2) is 4.79 Å². The van der Waals surface area contributed by atoms with Crippen molar-refractivity contribution in [3.63, 3.8) is 0 Å². The molecule has 1 fully saturated rings. The van der Waals surface area contributed by atoms with Gasteiger partial charge in [-0.2, -0.15) is 0 Å². The van der Waals surface area contributed by atoms with Gasteiger partial charge in [0.25, 0.3) is 0 Å². The van der Waals surface area contributed by atoms with E-state index in [1.54, 1.807) is 6.92 Å². The first-order valence-electron chi connectivity index (χ1n) is 12.0. The van der Waals surface area contributed by atoms with Crippen LogP contribution in [0.1, 0.15) is 30.9 Å². The minimum absolute atomic E-state index is 0.0638. The Hall–Kier alpha value is -4.32. The van der Waals surface area contributed by atoms with Crippen LogP contribution in [0.2, 0.25) is 0 Å². The fourth-order valence-electron chi connectivity index (χ4n) is 5.38. The number of nitrogens with one attached hydrogen (secondary N) is 1. The summed E-state index contributed by atoms with van der Waals surface area (Å²) in [4.78, 5) is 27.1. The lowest BCUT2D eigenvalue weighted by Gasteiger charge is -2.30. The summed E-state index contributed by atoms with van der Waals surface area (Å²) in [6.45, 7) is 4.06. The maximum Gasteiger partial charge on any atom is 0.334 e. The molecule has 2 heterocycles. The van der Waals surface area contributed by atoms with Gasteiger partial charge < -0.3 is 19.5 Å². The molecule has 0 amide bonds. The average molecular weight is 480 g/mol. The summed E-state index contributed by atoms with van der Waals surface area (Å²) in [6.07, 6.45) is 3.79. The van der Waals surface area contributed by atoms with Crippen LogP contribution in [0.25, 0.3) is 16.8 Å². The molecule has 1 aliphatic carbocycles. The maximum absolute atomic E-state index is 13.9. The molecule has 0 saturated carbocycles. The standard InChI is InChI=1S/C30H25NO5/c1-3-34-30(33)26-17(2)13-22-28(27(26)20-11-12-24-25(15-20)36-16-35-24)29(32)23(31-22)14-19-9-6-8-18-7-4-5-10-21(18)19/h4-15,27-28,31H,3,16H2,1-2H3/b23-14+. The Bertz CT molecular complexity index is 1510. The monoisotopic (exact) mass is 479 g/mol. The lowest BCUT2D eigenvalue weighted by molar-refractivity contribution is -0.139. The van der Waals surface area contributed by atoms with Crippen LogP contribution in [-0.2, 0) is 14.3 Å². The van der Waals surface area contributed by atoms with Crippen molar-refractivity contribution in [1.82, 2.24) is 5.32 Å². The molecule has 2 atom stereocenters. The van der Waals surface area contributed by atoms with Gasteiger partial charge in [-0.15, -0.1) is 0 Å². The van der Waals surface area contributed by atoms with E-state index in [9.17, 15) is 9.59 Å². The normalized spacial score (nSPS) is 21.4. The molecule has 36 heavy (non-hydrogen) atoms. The van der Waals surface area contributed by atoms with Crippen molar-refractivity contribution in [1.29, 1.82) is 0 Å². The smallest absolute Gasteiger partial charge is 0.334 e. The second-order valence-electron chi connectivity index (χ2n) is 9.10. The summed E-state index contributed by atoms with van der Waals surface area (Å²) in [5.74, 6) is -0.310. The summed E-state index contributed by atoms with van der Waals surface area (Å²) >= 11 is 0. The minimum Gasteiger partial charge on any atom is -0.463 e. The van der Waals surface area contributed by atoms with E-state index in [1.165, 1.54) is 0 Å². The number of hydrogen-bond donors (Lipinski definition) is 1. The lowest BCUT2D eigenvalue weighted by Crippen LogP contribution is -2.29. The highest BCUT2D eigenvalue weighted by atomic mass is 16.7. The number of benzene rings is 3. The van der Waals surface area contributed by atoms with Crippen LogP contribution in [0.15, 0.2) is 89.3 Å². The van der Waals surface area contributed by atoms with Gasteiger partial charge in [-0.3, -0.25) is 4.79 Å². The van der Waals surface area contributed by atoms with Crippen molar-refractivity contribution in [3.8, 4) is 11.5 Å². The molecule has 0 aromatic heterocycles. The molecule has 180 valence electrons. The number of rotatable bonds is 4. The third kappa shape index (κ3) is 3.57. The summed E-state index contributed by atoms with van der Waals surface area (Å²) in [5.41, 5.74) is 4.31. The SMILES string of the molecule is CCOC(=O)C1=C(C)C=C2N/C(=C/c3cccc4ccccc34)C(=O)C2C1c1ccc2c(c1)OCO2. The molecular weight excluding hydrogens is 454 g/mol. The zero-order valence-corrected chi connectivity index (χ0v) is 20.0. The molecule has 6 heteroatoms. The number of carbonyl (C=O) groups excluding carboxylic acids is 2. The molecule has 3 aromatic rings. The molecule has 2 aliphatic heterocycles. The van der Waals surface area contributed by atoms with E-state index in [2.05, 4.69) is 17.4 Å². The van der Waals surface area contributed by atoms with Crippen molar-refractivity contribution in [3.05, 3.63) is 100 Å². The number of hydrogen-bond acceptors (Lipinski definition) is 6. The molecule has 6 nitrogen and oxygen atoms in total. The van der Waals surface area contributed by atoms with Crippen LogP contribution >= 0.6 is 0 Å². The largest absolute Gasteiger partial charge is 0.463 e. The fraction of sp³-hybridized carbons (Fsp3) is 0.200. The number of ether oxygens (including phenoxy) is 3. The van der Waals surface area contributed by atoms with Crippen LogP contribution in [0.3, 0.4) is 0 Å². The van der Waals surface area contributed by atoms with E-state index < -0.39 is 17.8 Å². The van der Waals surface area contributed by atoms with Gasteiger partial charge >= 0.3 is 5.97 Å². The Balaban J connectivity index is 1.46. The molecular formula is C30H25NO5.